The van der Waals surface area contributed by atoms with Gasteiger partial charge in [0.2, 0.25) is 0 Å². The average Bonchev–Trinajstić information content (AvgIpc) is 2.65. The van der Waals surface area contributed by atoms with Gasteiger partial charge in [0.05, 0.1) is 13.2 Å². The second kappa shape index (κ2) is 9.55. The van der Waals surface area contributed by atoms with E-state index in [1.807, 2.05) is 81.4 Å². The molecule has 0 heterocycles. The number of hydrogen-bond acceptors (Lipinski definition) is 5. The summed E-state index contributed by atoms with van der Waals surface area (Å²) >= 11 is 0. The summed E-state index contributed by atoms with van der Waals surface area (Å²) in [6.07, 6.45) is 0. The zero-order valence-corrected chi connectivity index (χ0v) is 19.2. The monoisotopic (exact) mass is 418 g/mol. The van der Waals surface area contributed by atoms with Crippen molar-refractivity contribution in [1.29, 1.82) is 0 Å². The van der Waals surface area contributed by atoms with Crippen molar-refractivity contribution in [2.24, 2.45) is 5.41 Å². The Balaban J connectivity index is 2.37. The number of hydroxylamine groups is 2. The molecular weight excluding hydrogens is 385 g/mol. The summed E-state index contributed by atoms with van der Waals surface area (Å²) in [6, 6.07) is 19.0. The van der Waals surface area contributed by atoms with Gasteiger partial charge in [-0.1, -0.05) is 81.4 Å². The van der Waals surface area contributed by atoms with Crippen molar-refractivity contribution < 1.29 is 13.6 Å². The maximum Gasteiger partial charge on any atom is 0.347 e. The van der Waals surface area contributed by atoms with Gasteiger partial charge in [0, 0.05) is 5.54 Å². The van der Waals surface area contributed by atoms with Gasteiger partial charge < -0.3 is 19.3 Å². The van der Waals surface area contributed by atoms with E-state index in [9.17, 15) is 9.77 Å². The summed E-state index contributed by atoms with van der Waals surface area (Å²) in [7, 11) is -3.82. The Morgan fingerprint density at radius 1 is 0.828 bits per heavy atom. The van der Waals surface area contributed by atoms with Crippen molar-refractivity contribution in [3.8, 4) is 0 Å². The highest BCUT2D eigenvalue weighted by Gasteiger charge is 2.47. The molecule has 0 aliphatic carbocycles. The van der Waals surface area contributed by atoms with Crippen LogP contribution >= 0.6 is 7.60 Å². The fraction of sp³-hybridized carbons (Fsp3) is 0.478. The van der Waals surface area contributed by atoms with Crippen LogP contribution in [-0.4, -0.2) is 16.4 Å². The number of rotatable bonds is 8. The Bertz CT molecular complexity index is 750. The summed E-state index contributed by atoms with van der Waals surface area (Å²) in [5.41, 5.74) is 0.367. The molecular formula is C23H33NO4P-. The molecule has 29 heavy (non-hydrogen) atoms. The molecule has 1 atom stereocenters. The normalized spacial score (nSPS) is 14.2. The molecule has 1 unspecified atom stereocenters. The van der Waals surface area contributed by atoms with E-state index in [1.54, 1.807) is 20.8 Å². The van der Waals surface area contributed by atoms with Gasteiger partial charge in [0.25, 0.3) is 0 Å². The summed E-state index contributed by atoms with van der Waals surface area (Å²) in [6.45, 7) is 11.3. The van der Waals surface area contributed by atoms with E-state index in [2.05, 4.69) is 0 Å². The topological polar surface area (TPSA) is 61.8 Å². The summed E-state index contributed by atoms with van der Waals surface area (Å²) in [5, 5.41) is 14.1. The lowest BCUT2D eigenvalue weighted by atomic mass is 9.94. The van der Waals surface area contributed by atoms with Crippen molar-refractivity contribution in [3.05, 3.63) is 77.0 Å². The lowest BCUT2D eigenvalue weighted by molar-refractivity contribution is 0.0760. The fourth-order valence-electron chi connectivity index (χ4n) is 2.98. The molecule has 0 bridgehead atoms. The van der Waals surface area contributed by atoms with E-state index in [-0.39, 0.29) is 13.2 Å². The quantitative estimate of drug-likeness (QED) is 0.358. The number of hydrogen-bond donors (Lipinski definition) is 0. The zero-order valence-electron chi connectivity index (χ0n) is 18.3. The first-order chi connectivity index (χ1) is 13.4. The van der Waals surface area contributed by atoms with E-state index in [0.717, 1.165) is 16.2 Å². The first-order valence-corrected chi connectivity index (χ1v) is 11.5. The molecule has 0 aliphatic heterocycles. The minimum absolute atomic E-state index is 0.109. The molecule has 0 spiro atoms. The molecule has 0 saturated heterocycles. The number of nitrogens with zero attached hydrogens (tertiary/aromatic N) is 1. The standard InChI is InChI=1S/C23H33NO4P/c1-22(2,3)21(24(25)23(4,5)6)29(26,27-17-19-13-9-7-10-14-19)28-18-20-15-11-8-12-16-20/h7-16,21H,17-18H2,1-6H3/q-1. The van der Waals surface area contributed by atoms with Gasteiger partial charge in [-0.25, -0.2) is 0 Å². The zero-order chi connectivity index (χ0) is 21.7. The summed E-state index contributed by atoms with van der Waals surface area (Å²) in [4.78, 5) is 0. The second-order valence-corrected chi connectivity index (χ2v) is 11.4. The Morgan fingerprint density at radius 3 is 1.52 bits per heavy atom. The van der Waals surface area contributed by atoms with Crippen LogP contribution in [0.15, 0.2) is 60.7 Å². The van der Waals surface area contributed by atoms with E-state index >= 15 is 0 Å². The van der Waals surface area contributed by atoms with Gasteiger partial charge in [-0.3, -0.25) is 4.57 Å². The van der Waals surface area contributed by atoms with Crippen LogP contribution in [0.1, 0.15) is 52.7 Å². The predicted octanol–water partition coefficient (Wildman–Crippen LogP) is 6.58. The van der Waals surface area contributed by atoms with Crippen LogP contribution in [0.5, 0.6) is 0 Å². The van der Waals surface area contributed by atoms with Gasteiger partial charge in [-0.15, -0.1) is 0 Å². The Labute approximate surface area is 175 Å². The van der Waals surface area contributed by atoms with E-state index < -0.39 is 24.3 Å². The maximum atomic E-state index is 14.1. The molecule has 0 radical (unpaired) electrons. The Kier molecular flexibility index (Phi) is 7.83. The van der Waals surface area contributed by atoms with Crippen LogP contribution in [0, 0.1) is 10.6 Å². The molecule has 0 N–H and O–H groups in total. The number of benzene rings is 2. The van der Waals surface area contributed by atoms with E-state index in [1.165, 1.54) is 0 Å². The molecule has 160 valence electrons. The van der Waals surface area contributed by atoms with Crippen LogP contribution in [0.3, 0.4) is 0 Å². The first kappa shape index (κ1) is 23.8. The third-order valence-electron chi connectivity index (χ3n) is 4.47. The minimum atomic E-state index is -3.82. The lowest BCUT2D eigenvalue weighted by Gasteiger charge is -2.53. The van der Waals surface area contributed by atoms with Crippen molar-refractivity contribution in [2.45, 2.75) is 66.1 Å². The first-order valence-electron chi connectivity index (χ1n) is 9.86. The predicted molar refractivity (Wildman–Crippen MR) is 118 cm³/mol. The van der Waals surface area contributed by atoms with E-state index in [0.29, 0.717) is 0 Å². The smallest absolute Gasteiger partial charge is 0.347 e. The third kappa shape index (κ3) is 6.77. The molecule has 0 aliphatic rings. The molecule has 2 aromatic carbocycles. The van der Waals surface area contributed by atoms with Crippen LogP contribution < -0.4 is 0 Å². The largest absolute Gasteiger partial charge is 0.784 e. The second-order valence-electron chi connectivity index (χ2n) is 9.29. The lowest BCUT2D eigenvalue weighted by Crippen LogP contribution is -2.50. The van der Waals surface area contributed by atoms with Gasteiger partial charge in [-0.2, -0.15) is 0 Å². The summed E-state index contributed by atoms with van der Waals surface area (Å²) in [5.74, 6) is -0.956. The maximum absolute atomic E-state index is 14.1. The molecule has 5 nitrogen and oxygen atoms in total. The molecule has 2 aromatic rings. The minimum Gasteiger partial charge on any atom is -0.784 e. The highest BCUT2D eigenvalue weighted by atomic mass is 31.2. The fourth-order valence-corrected chi connectivity index (χ4v) is 5.54. The molecule has 0 aromatic heterocycles. The van der Waals surface area contributed by atoms with Crippen LogP contribution in [0.25, 0.3) is 0 Å². The molecule has 0 saturated carbocycles. The molecule has 2 rings (SSSR count). The van der Waals surface area contributed by atoms with Crippen molar-refractivity contribution in [2.75, 3.05) is 0 Å². The van der Waals surface area contributed by atoms with E-state index in [4.69, 9.17) is 9.05 Å². The Hall–Kier alpha value is -1.49. The highest BCUT2D eigenvalue weighted by Crippen LogP contribution is 2.61. The van der Waals surface area contributed by atoms with Gasteiger partial charge in [0.15, 0.2) is 0 Å². The van der Waals surface area contributed by atoms with Gasteiger partial charge >= 0.3 is 7.60 Å². The third-order valence-corrected chi connectivity index (χ3v) is 7.03. The summed E-state index contributed by atoms with van der Waals surface area (Å²) < 4.78 is 26.0. The van der Waals surface area contributed by atoms with Crippen LogP contribution in [-0.2, 0) is 26.8 Å². The van der Waals surface area contributed by atoms with Crippen molar-refractivity contribution >= 4 is 7.60 Å². The van der Waals surface area contributed by atoms with Gasteiger partial charge in [0.1, 0.15) is 5.78 Å². The van der Waals surface area contributed by atoms with Crippen LogP contribution in [0.4, 0.5) is 0 Å². The highest BCUT2D eigenvalue weighted by molar-refractivity contribution is 7.54. The van der Waals surface area contributed by atoms with Crippen molar-refractivity contribution in [3.63, 3.8) is 0 Å². The molecule has 0 amide bonds. The average molecular weight is 418 g/mol. The molecule has 0 fully saturated rings. The van der Waals surface area contributed by atoms with Gasteiger partial charge in [-0.05, 0) is 37.3 Å². The Morgan fingerprint density at radius 2 is 1.21 bits per heavy atom. The molecule has 6 heteroatoms. The SMILES string of the molecule is CC(C)(C)C(N([O-])C(C)(C)C)P(=O)(OCc1ccccc1)OCc1ccccc1. The van der Waals surface area contributed by atoms with Crippen molar-refractivity contribution in [1.82, 2.24) is 5.06 Å². The van der Waals surface area contributed by atoms with Crippen LogP contribution in [0.2, 0.25) is 0 Å².